The van der Waals surface area contributed by atoms with E-state index in [1.54, 1.807) is 0 Å². The van der Waals surface area contributed by atoms with E-state index in [-0.39, 0.29) is 6.61 Å². The van der Waals surface area contributed by atoms with E-state index in [2.05, 4.69) is 48.2 Å². The fourth-order valence-electron chi connectivity index (χ4n) is 2.03. The van der Waals surface area contributed by atoms with E-state index in [0.717, 1.165) is 0 Å². The highest BCUT2D eigenvalue weighted by Crippen LogP contribution is 2.18. The molecule has 22 heavy (non-hydrogen) atoms. The van der Waals surface area contributed by atoms with Gasteiger partial charge in [0, 0.05) is 11.8 Å². The molecule has 6 heteroatoms. The van der Waals surface area contributed by atoms with Gasteiger partial charge < -0.3 is 19.7 Å². The molecule has 0 spiro atoms. The first kappa shape index (κ1) is 22.1. The molecule has 0 fully saturated rings. The van der Waals surface area contributed by atoms with E-state index in [1.807, 2.05) is 0 Å². The first-order chi connectivity index (χ1) is 10.5. The summed E-state index contributed by atoms with van der Waals surface area (Å²) in [5.74, 6) is 3.17. The molecule has 0 aliphatic rings. The van der Waals surface area contributed by atoms with Crippen LogP contribution >= 0.6 is 15.9 Å². The third kappa shape index (κ3) is 9.98. The van der Waals surface area contributed by atoms with Gasteiger partial charge in [-0.05, 0) is 18.1 Å². The fourth-order valence-corrected chi connectivity index (χ4v) is 4.73. The molecule has 0 rings (SSSR count). The molecule has 0 aromatic heterocycles. The zero-order valence-corrected chi connectivity index (χ0v) is 16.7. The maximum absolute atomic E-state index is 9.85. The Labute approximate surface area is 144 Å². The minimum Gasteiger partial charge on any atom is -0.390 e. The molecule has 0 unspecified atom stereocenters. The quantitative estimate of drug-likeness (QED) is 0.231. The van der Waals surface area contributed by atoms with Crippen LogP contribution in [-0.4, -0.2) is 62.3 Å². The number of hydrogen-bond donors (Lipinski definition) is 2. The van der Waals surface area contributed by atoms with E-state index in [4.69, 9.17) is 9.47 Å². The molecule has 0 aliphatic carbocycles. The summed E-state index contributed by atoms with van der Waals surface area (Å²) < 4.78 is 10.6. The Kier molecular flexibility index (Phi) is 13.6. The van der Waals surface area contributed by atoms with Crippen LogP contribution in [0.25, 0.3) is 0 Å². The summed E-state index contributed by atoms with van der Waals surface area (Å²) in [6.07, 6.45) is -0.559. The molecule has 0 saturated heterocycles. The standard InChI is InChI=1S/C16H31BrO4Si/c1-4-22(5-2,6-3)11-7-8-15(18)13-20-9-10-21-14-16(19)12-17/h15-16,18-19H,4-6,8-10,12-14H2,1-3H3/t15-,16+/m0/s1. The van der Waals surface area contributed by atoms with Crippen LogP contribution in [0.4, 0.5) is 0 Å². The first-order valence-corrected chi connectivity index (χ1v) is 11.8. The monoisotopic (exact) mass is 394 g/mol. The minimum atomic E-state index is -1.41. The van der Waals surface area contributed by atoms with Crippen LogP contribution in [0, 0.1) is 11.5 Å². The Morgan fingerprint density at radius 1 is 0.955 bits per heavy atom. The van der Waals surface area contributed by atoms with Crippen molar-refractivity contribution in [2.75, 3.05) is 31.8 Å². The average molecular weight is 395 g/mol. The molecule has 0 aromatic carbocycles. The lowest BCUT2D eigenvalue weighted by molar-refractivity contribution is -0.0116. The molecule has 0 heterocycles. The summed E-state index contributed by atoms with van der Waals surface area (Å²) in [5.41, 5.74) is 3.46. The van der Waals surface area contributed by atoms with Crippen molar-refractivity contribution in [2.24, 2.45) is 0 Å². The third-order valence-electron chi connectivity index (χ3n) is 3.89. The second kappa shape index (κ2) is 13.5. The van der Waals surface area contributed by atoms with Crippen molar-refractivity contribution in [2.45, 2.75) is 57.5 Å². The van der Waals surface area contributed by atoms with E-state index in [9.17, 15) is 10.2 Å². The molecule has 130 valence electrons. The normalized spacial score (nSPS) is 14.3. The van der Waals surface area contributed by atoms with Crippen LogP contribution in [0.15, 0.2) is 0 Å². The zero-order chi connectivity index (χ0) is 16.8. The van der Waals surface area contributed by atoms with Crippen LogP contribution in [-0.2, 0) is 9.47 Å². The highest BCUT2D eigenvalue weighted by molar-refractivity contribution is 9.09. The Balaban J connectivity index is 3.81. The summed E-state index contributed by atoms with van der Waals surface area (Å²) in [7, 11) is -1.41. The van der Waals surface area contributed by atoms with E-state index in [1.165, 1.54) is 18.1 Å². The molecular weight excluding hydrogens is 364 g/mol. The van der Waals surface area contributed by atoms with Gasteiger partial charge in [-0.3, -0.25) is 0 Å². The molecule has 0 radical (unpaired) electrons. The van der Waals surface area contributed by atoms with Crippen LogP contribution in [0.5, 0.6) is 0 Å². The third-order valence-corrected chi connectivity index (χ3v) is 9.41. The maximum Gasteiger partial charge on any atom is 0.137 e. The molecule has 0 aliphatic heterocycles. The van der Waals surface area contributed by atoms with Crippen molar-refractivity contribution in [1.29, 1.82) is 0 Å². The second-order valence-electron chi connectivity index (χ2n) is 5.46. The van der Waals surface area contributed by atoms with Gasteiger partial charge in [0.1, 0.15) is 8.07 Å². The van der Waals surface area contributed by atoms with Crippen molar-refractivity contribution >= 4 is 24.0 Å². The Morgan fingerprint density at radius 3 is 1.91 bits per heavy atom. The van der Waals surface area contributed by atoms with E-state index >= 15 is 0 Å². The summed E-state index contributed by atoms with van der Waals surface area (Å²) in [4.78, 5) is 0. The lowest BCUT2D eigenvalue weighted by Crippen LogP contribution is -2.29. The lowest BCUT2D eigenvalue weighted by atomic mass is 10.3. The maximum atomic E-state index is 9.85. The molecule has 2 atom stereocenters. The Morgan fingerprint density at radius 2 is 1.45 bits per heavy atom. The molecule has 0 saturated carbocycles. The molecule has 0 aromatic rings. The number of alkyl halides is 1. The predicted molar refractivity (Wildman–Crippen MR) is 97.0 cm³/mol. The number of aliphatic hydroxyl groups excluding tert-OH is 2. The number of aliphatic hydroxyl groups is 2. The van der Waals surface area contributed by atoms with Crippen LogP contribution < -0.4 is 0 Å². The van der Waals surface area contributed by atoms with Gasteiger partial charge in [-0.25, -0.2) is 0 Å². The molecular formula is C16H31BrO4Si. The SMILES string of the molecule is CC[Si](C#CC[C@H](O)COCCOC[C@H](O)CBr)(CC)CC. The van der Waals surface area contributed by atoms with Crippen molar-refractivity contribution in [3.63, 3.8) is 0 Å². The van der Waals surface area contributed by atoms with E-state index < -0.39 is 20.3 Å². The van der Waals surface area contributed by atoms with E-state index in [0.29, 0.717) is 31.6 Å². The highest BCUT2D eigenvalue weighted by atomic mass is 79.9. The molecule has 2 N–H and O–H groups in total. The summed E-state index contributed by atoms with van der Waals surface area (Å²) >= 11 is 3.17. The Hall–Kier alpha value is 0.0969. The zero-order valence-electron chi connectivity index (χ0n) is 14.1. The van der Waals surface area contributed by atoms with Gasteiger partial charge in [0.15, 0.2) is 0 Å². The second-order valence-corrected chi connectivity index (χ2v) is 11.0. The van der Waals surface area contributed by atoms with Gasteiger partial charge in [-0.2, -0.15) is 0 Å². The summed E-state index contributed by atoms with van der Waals surface area (Å²) in [6.45, 7) is 8.06. The fraction of sp³-hybridized carbons (Fsp3) is 0.875. The molecule has 4 nitrogen and oxygen atoms in total. The first-order valence-electron chi connectivity index (χ1n) is 8.11. The van der Waals surface area contributed by atoms with Crippen molar-refractivity contribution in [3.05, 3.63) is 0 Å². The van der Waals surface area contributed by atoms with Gasteiger partial charge in [-0.1, -0.05) is 36.7 Å². The summed E-state index contributed by atoms with van der Waals surface area (Å²) in [5, 5.41) is 19.6. The molecule has 0 bridgehead atoms. The van der Waals surface area contributed by atoms with Gasteiger partial charge in [0.2, 0.25) is 0 Å². The average Bonchev–Trinajstić information content (AvgIpc) is 2.55. The van der Waals surface area contributed by atoms with Crippen LogP contribution in [0.2, 0.25) is 18.1 Å². The smallest absolute Gasteiger partial charge is 0.137 e. The van der Waals surface area contributed by atoms with Crippen LogP contribution in [0.1, 0.15) is 27.2 Å². The largest absolute Gasteiger partial charge is 0.390 e. The lowest BCUT2D eigenvalue weighted by Gasteiger charge is -2.20. The number of halogens is 1. The van der Waals surface area contributed by atoms with Gasteiger partial charge in [0.05, 0.1) is 38.6 Å². The molecule has 0 amide bonds. The van der Waals surface area contributed by atoms with Crippen molar-refractivity contribution < 1.29 is 19.7 Å². The van der Waals surface area contributed by atoms with Gasteiger partial charge in [0.25, 0.3) is 0 Å². The highest BCUT2D eigenvalue weighted by Gasteiger charge is 2.24. The number of hydrogen-bond acceptors (Lipinski definition) is 4. The van der Waals surface area contributed by atoms with Crippen molar-refractivity contribution in [1.82, 2.24) is 0 Å². The number of rotatable bonds is 12. The van der Waals surface area contributed by atoms with Crippen LogP contribution in [0.3, 0.4) is 0 Å². The predicted octanol–water partition coefficient (Wildman–Crippen LogP) is 2.58. The Bertz CT molecular complexity index is 318. The number of ether oxygens (including phenoxy) is 2. The van der Waals surface area contributed by atoms with Gasteiger partial charge in [-0.15, -0.1) is 11.5 Å². The summed E-state index contributed by atoms with van der Waals surface area (Å²) in [6, 6.07) is 3.53. The minimum absolute atomic E-state index is 0.276. The topological polar surface area (TPSA) is 58.9 Å². The van der Waals surface area contributed by atoms with Gasteiger partial charge >= 0.3 is 0 Å². The van der Waals surface area contributed by atoms with Crippen molar-refractivity contribution in [3.8, 4) is 11.5 Å².